The lowest BCUT2D eigenvalue weighted by molar-refractivity contribution is 0.238. The van der Waals surface area contributed by atoms with Crippen molar-refractivity contribution in [2.24, 2.45) is 5.73 Å². The Labute approximate surface area is 120 Å². The lowest BCUT2D eigenvalue weighted by Gasteiger charge is -2.03. The quantitative estimate of drug-likeness (QED) is 0.835. The maximum Gasteiger partial charge on any atom is 0.140 e. The molecule has 1 atom stereocenters. The van der Waals surface area contributed by atoms with Gasteiger partial charge in [0.15, 0.2) is 0 Å². The molecule has 0 radical (unpaired) electrons. The molecule has 2 rings (SSSR count). The third-order valence-electron chi connectivity index (χ3n) is 3.07. The highest BCUT2D eigenvalue weighted by atomic mass is 16.3. The summed E-state index contributed by atoms with van der Waals surface area (Å²) >= 11 is 0. The van der Waals surface area contributed by atoms with Gasteiger partial charge >= 0.3 is 0 Å². The Bertz CT molecular complexity index is 596. The van der Waals surface area contributed by atoms with Crippen molar-refractivity contribution in [1.29, 1.82) is 0 Å². The predicted octanol–water partition coefficient (Wildman–Crippen LogP) is 2.66. The maximum atomic E-state index is 10.0. The average molecular weight is 265 g/mol. The topological polar surface area (TPSA) is 46.2 Å². The second-order valence-corrected chi connectivity index (χ2v) is 4.68. The van der Waals surface area contributed by atoms with Crippen molar-refractivity contribution in [3.05, 3.63) is 71.3 Å². The van der Waals surface area contributed by atoms with Crippen LogP contribution in [0.4, 0.5) is 0 Å². The molecular formula is C18H19NO. The van der Waals surface area contributed by atoms with E-state index in [1.807, 2.05) is 42.5 Å². The molecule has 2 heteroatoms. The fourth-order valence-corrected chi connectivity index (χ4v) is 1.98. The number of aliphatic hydroxyl groups is 1. The summed E-state index contributed by atoms with van der Waals surface area (Å²) in [6, 6.07) is 17.5. The van der Waals surface area contributed by atoms with Gasteiger partial charge in [-0.3, -0.25) is 0 Å². The number of hydrogen-bond donors (Lipinski definition) is 2. The first-order chi connectivity index (χ1) is 9.79. The predicted molar refractivity (Wildman–Crippen MR) is 82.1 cm³/mol. The van der Waals surface area contributed by atoms with Crippen LogP contribution < -0.4 is 5.73 Å². The third-order valence-corrected chi connectivity index (χ3v) is 3.07. The average Bonchev–Trinajstić information content (AvgIpc) is 2.52. The fourth-order valence-electron chi connectivity index (χ4n) is 1.98. The second-order valence-electron chi connectivity index (χ2n) is 4.68. The van der Waals surface area contributed by atoms with Gasteiger partial charge in [0.1, 0.15) is 6.10 Å². The Morgan fingerprint density at radius 2 is 1.85 bits per heavy atom. The molecule has 3 N–H and O–H groups in total. The van der Waals surface area contributed by atoms with Crippen molar-refractivity contribution in [3.63, 3.8) is 0 Å². The van der Waals surface area contributed by atoms with Crippen LogP contribution in [0.1, 0.15) is 29.2 Å². The Morgan fingerprint density at radius 3 is 2.60 bits per heavy atom. The molecule has 0 aliphatic rings. The summed E-state index contributed by atoms with van der Waals surface area (Å²) in [7, 11) is 0. The molecule has 0 unspecified atom stereocenters. The molecule has 102 valence electrons. The Hall–Kier alpha value is -2.08. The molecule has 0 fully saturated rings. The SMILES string of the molecule is NCCCc1cccc(C#C[C@@H](O)c2ccccc2)c1. The van der Waals surface area contributed by atoms with E-state index in [9.17, 15) is 5.11 Å². The summed E-state index contributed by atoms with van der Waals surface area (Å²) in [5.41, 5.74) is 8.49. The van der Waals surface area contributed by atoms with Crippen molar-refractivity contribution >= 4 is 0 Å². The largest absolute Gasteiger partial charge is 0.376 e. The van der Waals surface area contributed by atoms with Gasteiger partial charge in [0.25, 0.3) is 0 Å². The molecular weight excluding hydrogens is 246 g/mol. The van der Waals surface area contributed by atoms with Gasteiger partial charge in [0.2, 0.25) is 0 Å². The highest BCUT2D eigenvalue weighted by Crippen LogP contribution is 2.11. The normalized spacial score (nSPS) is 11.5. The van der Waals surface area contributed by atoms with Crippen LogP contribution in [-0.4, -0.2) is 11.7 Å². The summed E-state index contributed by atoms with van der Waals surface area (Å²) in [6.07, 6.45) is 1.19. The molecule has 2 nitrogen and oxygen atoms in total. The summed E-state index contributed by atoms with van der Waals surface area (Å²) < 4.78 is 0. The highest BCUT2D eigenvalue weighted by Gasteiger charge is 2.01. The zero-order chi connectivity index (χ0) is 14.2. The van der Waals surface area contributed by atoms with E-state index in [4.69, 9.17) is 5.73 Å². The lowest BCUT2D eigenvalue weighted by Crippen LogP contribution is -2.00. The Balaban J connectivity index is 2.08. The van der Waals surface area contributed by atoms with E-state index in [2.05, 4.69) is 24.0 Å². The van der Waals surface area contributed by atoms with E-state index >= 15 is 0 Å². The molecule has 2 aromatic rings. The molecule has 20 heavy (non-hydrogen) atoms. The van der Waals surface area contributed by atoms with E-state index in [0.29, 0.717) is 6.54 Å². The number of aryl methyl sites for hydroxylation is 1. The minimum absolute atomic E-state index is 0.697. The number of benzene rings is 2. The zero-order valence-electron chi connectivity index (χ0n) is 11.4. The molecule has 0 saturated heterocycles. The molecule has 0 amide bonds. The molecule has 0 heterocycles. The monoisotopic (exact) mass is 265 g/mol. The smallest absolute Gasteiger partial charge is 0.140 e. The van der Waals surface area contributed by atoms with Gasteiger partial charge in [0.05, 0.1) is 0 Å². The van der Waals surface area contributed by atoms with Crippen LogP contribution in [0.3, 0.4) is 0 Å². The van der Waals surface area contributed by atoms with E-state index in [0.717, 1.165) is 24.0 Å². The first kappa shape index (κ1) is 14.3. The minimum Gasteiger partial charge on any atom is -0.376 e. The minimum atomic E-state index is -0.746. The Kier molecular flexibility index (Phi) is 5.37. The molecule has 0 aliphatic heterocycles. The first-order valence-electron chi connectivity index (χ1n) is 6.83. The molecule has 2 aromatic carbocycles. The third kappa shape index (κ3) is 4.24. The number of rotatable bonds is 4. The van der Waals surface area contributed by atoms with Crippen LogP contribution in [0.5, 0.6) is 0 Å². The molecule has 0 spiro atoms. The summed E-state index contributed by atoms with van der Waals surface area (Å²) in [5, 5.41) is 10.0. The van der Waals surface area contributed by atoms with Crippen LogP contribution in [0.15, 0.2) is 54.6 Å². The highest BCUT2D eigenvalue weighted by molar-refractivity contribution is 5.39. The van der Waals surface area contributed by atoms with Gasteiger partial charge in [-0.2, -0.15) is 0 Å². The molecule has 0 saturated carbocycles. The maximum absolute atomic E-state index is 10.0. The number of nitrogens with two attached hydrogens (primary N) is 1. The van der Waals surface area contributed by atoms with Crippen molar-refractivity contribution < 1.29 is 5.11 Å². The molecule has 0 aromatic heterocycles. The van der Waals surface area contributed by atoms with Crippen molar-refractivity contribution in [3.8, 4) is 11.8 Å². The lowest BCUT2D eigenvalue weighted by atomic mass is 10.1. The van der Waals surface area contributed by atoms with Gasteiger partial charge in [-0.1, -0.05) is 54.3 Å². The number of hydrogen-bond acceptors (Lipinski definition) is 2. The van der Waals surface area contributed by atoms with E-state index in [-0.39, 0.29) is 0 Å². The van der Waals surface area contributed by atoms with Crippen molar-refractivity contribution in [2.45, 2.75) is 18.9 Å². The van der Waals surface area contributed by atoms with E-state index in [1.54, 1.807) is 0 Å². The van der Waals surface area contributed by atoms with Gasteiger partial charge < -0.3 is 10.8 Å². The van der Waals surface area contributed by atoms with Gasteiger partial charge in [-0.05, 0) is 42.6 Å². The van der Waals surface area contributed by atoms with Gasteiger partial charge in [-0.25, -0.2) is 0 Å². The molecule has 0 aliphatic carbocycles. The van der Waals surface area contributed by atoms with E-state index in [1.165, 1.54) is 5.56 Å². The Morgan fingerprint density at radius 1 is 1.05 bits per heavy atom. The van der Waals surface area contributed by atoms with Crippen LogP contribution in [0, 0.1) is 11.8 Å². The van der Waals surface area contributed by atoms with Crippen molar-refractivity contribution in [1.82, 2.24) is 0 Å². The van der Waals surface area contributed by atoms with Crippen molar-refractivity contribution in [2.75, 3.05) is 6.54 Å². The number of aliphatic hydroxyl groups excluding tert-OH is 1. The van der Waals surface area contributed by atoms with Crippen LogP contribution in [0.25, 0.3) is 0 Å². The zero-order valence-corrected chi connectivity index (χ0v) is 11.4. The standard InChI is InChI=1S/C18H19NO/c19-13-5-8-15-6-4-7-16(14-15)11-12-18(20)17-9-2-1-3-10-17/h1-4,6-7,9-10,14,18,20H,5,8,13,19H2/t18-/m1/s1. The summed E-state index contributed by atoms with van der Waals surface area (Å²) in [6.45, 7) is 0.697. The van der Waals surface area contributed by atoms with Crippen LogP contribution in [-0.2, 0) is 6.42 Å². The van der Waals surface area contributed by atoms with E-state index < -0.39 is 6.10 Å². The molecule has 0 bridgehead atoms. The second kappa shape index (κ2) is 7.49. The van der Waals surface area contributed by atoms with Gasteiger partial charge in [-0.15, -0.1) is 0 Å². The van der Waals surface area contributed by atoms with Gasteiger partial charge in [0, 0.05) is 5.56 Å². The first-order valence-corrected chi connectivity index (χ1v) is 6.83. The summed E-state index contributed by atoms with van der Waals surface area (Å²) in [5.74, 6) is 5.91. The fraction of sp³-hybridized carbons (Fsp3) is 0.222. The van der Waals surface area contributed by atoms with Crippen LogP contribution in [0.2, 0.25) is 0 Å². The summed E-state index contributed by atoms with van der Waals surface area (Å²) in [4.78, 5) is 0. The van der Waals surface area contributed by atoms with Crippen LogP contribution >= 0.6 is 0 Å².